The van der Waals surface area contributed by atoms with Crippen molar-refractivity contribution in [1.29, 1.82) is 0 Å². The van der Waals surface area contributed by atoms with Gasteiger partial charge >= 0.3 is 0 Å². The fourth-order valence-electron chi connectivity index (χ4n) is 2.09. The van der Waals surface area contributed by atoms with Crippen LogP contribution in [0.15, 0.2) is 17.2 Å². The molecule has 0 aliphatic rings. The average molecular weight is 302 g/mol. The van der Waals surface area contributed by atoms with Crippen LogP contribution >= 0.6 is 0 Å². The van der Waals surface area contributed by atoms with Crippen LogP contribution in [-0.4, -0.2) is 36.0 Å². The molecule has 0 radical (unpaired) electrons. The lowest BCUT2D eigenvalue weighted by Gasteiger charge is -2.19. The molecule has 116 valence electrons. The first-order valence-electron chi connectivity index (χ1n) is 7.01. The van der Waals surface area contributed by atoms with E-state index >= 15 is 0 Å². The highest BCUT2D eigenvalue weighted by atomic mass is 32.2. The Labute approximate surface area is 122 Å². The molecule has 1 aromatic heterocycles. The second kappa shape index (κ2) is 6.74. The second-order valence-corrected chi connectivity index (χ2v) is 7.67. The first-order valence-corrected chi connectivity index (χ1v) is 8.46. The zero-order valence-corrected chi connectivity index (χ0v) is 13.8. The fourth-order valence-corrected chi connectivity index (χ4v) is 3.43. The average Bonchev–Trinajstić information content (AvgIpc) is 2.83. The predicted octanol–water partition coefficient (Wildman–Crippen LogP) is 2.23. The third kappa shape index (κ3) is 3.62. The summed E-state index contributed by atoms with van der Waals surface area (Å²) in [7, 11) is -1.88. The number of hydrogen-bond acceptors (Lipinski definition) is 3. The van der Waals surface area contributed by atoms with E-state index in [1.54, 1.807) is 23.9 Å². The lowest BCUT2D eigenvalue weighted by atomic mass is 10.1. The minimum absolute atomic E-state index is 0.112. The fraction of sp³-hybridized carbons (Fsp3) is 0.714. The molecule has 0 saturated carbocycles. The van der Waals surface area contributed by atoms with Gasteiger partial charge in [-0.05, 0) is 25.8 Å². The molecule has 0 spiro atoms. The van der Waals surface area contributed by atoms with Gasteiger partial charge in [0.05, 0.1) is 6.61 Å². The maximum absolute atomic E-state index is 12.5. The van der Waals surface area contributed by atoms with Gasteiger partial charge < -0.3 is 9.67 Å². The highest BCUT2D eigenvalue weighted by Crippen LogP contribution is 2.22. The van der Waals surface area contributed by atoms with Gasteiger partial charge in [0, 0.05) is 31.5 Å². The van der Waals surface area contributed by atoms with E-state index in [1.807, 2.05) is 27.7 Å². The summed E-state index contributed by atoms with van der Waals surface area (Å²) in [6.07, 6.45) is 2.55. The smallest absolute Gasteiger partial charge is 0.244 e. The van der Waals surface area contributed by atoms with Crippen molar-refractivity contribution in [2.24, 2.45) is 5.92 Å². The molecule has 0 bridgehead atoms. The Morgan fingerprint density at radius 2 is 1.95 bits per heavy atom. The topological polar surface area (TPSA) is 62.5 Å². The Balaban J connectivity index is 3.09. The quantitative estimate of drug-likeness (QED) is 0.840. The van der Waals surface area contributed by atoms with Crippen LogP contribution in [0.5, 0.6) is 0 Å². The summed E-state index contributed by atoms with van der Waals surface area (Å²) in [6, 6.07) is 1.67. The van der Waals surface area contributed by atoms with Gasteiger partial charge in [-0.15, -0.1) is 0 Å². The molecule has 0 aliphatic heterocycles. The SMILES string of the molecule is CCC(C)CN(C)S(=O)(=O)c1cc(CO)n(C(C)C)c1. The zero-order chi connectivity index (χ0) is 15.5. The van der Waals surface area contributed by atoms with Crippen molar-refractivity contribution in [2.75, 3.05) is 13.6 Å². The molecule has 0 saturated heterocycles. The van der Waals surface area contributed by atoms with Crippen LogP contribution in [0.1, 0.15) is 45.9 Å². The highest BCUT2D eigenvalue weighted by Gasteiger charge is 2.24. The number of sulfonamides is 1. The van der Waals surface area contributed by atoms with Crippen LogP contribution in [0, 0.1) is 5.92 Å². The largest absolute Gasteiger partial charge is 0.390 e. The molecule has 6 heteroatoms. The number of aromatic nitrogens is 1. The van der Waals surface area contributed by atoms with Crippen LogP contribution in [0.3, 0.4) is 0 Å². The standard InChI is InChI=1S/C14H26N2O3S/c1-6-12(4)8-15(5)20(18,19)14-7-13(10-17)16(9-14)11(2)3/h7,9,11-12,17H,6,8,10H2,1-5H3. The van der Waals surface area contributed by atoms with Gasteiger partial charge in [-0.3, -0.25) is 0 Å². The molecule has 0 amide bonds. The first kappa shape index (κ1) is 17.2. The first-order chi connectivity index (χ1) is 9.23. The molecule has 5 nitrogen and oxygen atoms in total. The van der Waals surface area contributed by atoms with E-state index in [9.17, 15) is 13.5 Å². The van der Waals surface area contributed by atoms with Crippen molar-refractivity contribution in [1.82, 2.24) is 8.87 Å². The second-order valence-electron chi connectivity index (χ2n) is 5.63. The van der Waals surface area contributed by atoms with E-state index in [0.29, 0.717) is 18.2 Å². The summed E-state index contributed by atoms with van der Waals surface area (Å²) >= 11 is 0. The van der Waals surface area contributed by atoms with Crippen LogP contribution in [0.2, 0.25) is 0 Å². The molecular weight excluding hydrogens is 276 g/mol. The Morgan fingerprint density at radius 1 is 1.35 bits per heavy atom. The van der Waals surface area contributed by atoms with Crippen molar-refractivity contribution < 1.29 is 13.5 Å². The molecular formula is C14H26N2O3S. The maximum Gasteiger partial charge on any atom is 0.244 e. The number of rotatable bonds is 7. The van der Waals surface area contributed by atoms with Gasteiger partial charge in [-0.1, -0.05) is 20.3 Å². The summed E-state index contributed by atoms with van der Waals surface area (Å²) < 4.78 is 28.2. The van der Waals surface area contributed by atoms with Crippen molar-refractivity contribution in [3.63, 3.8) is 0 Å². The molecule has 1 N–H and O–H groups in total. The molecule has 1 heterocycles. The van der Waals surface area contributed by atoms with Gasteiger partial charge in [0.25, 0.3) is 0 Å². The summed E-state index contributed by atoms with van der Waals surface area (Å²) in [5.41, 5.74) is 0.621. The summed E-state index contributed by atoms with van der Waals surface area (Å²) in [6.45, 7) is 8.33. The van der Waals surface area contributed by atoms with E-state index < -0.39 is 10.0 Å². The molecule has 20 heavy (non-hydrogen) atoms. The van der Waals surface area contributed by atoms with Crippen molar-refractivity contribution >= 4 is 10.0 Å². The van der Waals surface area contributed by atoms with Gasteiger partial charge in [0.15, 0.2) is 0 Å². The summed E-state index contributed by atoms with van der Waals surface area (Å²) in [4.78, 5) is 0.251. The molecule has 0 fully saturated rings. The normalized spacial score (nSPS) is 14.2. The molecule has 1 aromatic rings. The van der Waals surface area contributed by atoms with Crippen molar-refractivity contribution in [3.8, 4) is 0 Å². The van der Waals surface area contributed by atoms with Gasteiger partial charge in [-0.25, -0.2) is 12.7 Å². The van der Waals surface area contributed by atoms with E-state index in [2.05, 4.69) is 0 Å². The molecule has 0 aliphatic carbocycles. The Hall–Kier alpha value is -0.850. The van der Waals surface area contributed by atoms with Gasteiger partial charge in [0.2, 0.25) is 10.0 Å². The van der Waals surface area contributed by atoms with Crippen molar-refractivity contribution in [2.45, 2.75) is 51.7 Å². The number of aliphatic hydroxyl groups is 1. The highest BCUT2D eigenvalue weighted by molar-refractivity contribution is 7.89. The summed E-state index contributed by atoms with van der Waals surface area (Å²) in [5.74, 6) is 0.319. The third-order valence-corrected chi connectivity index (χ3v) is 5.39. The van der Waals surface area contributed by atoms with Crippen molar-refractivity contribution in [3.05, 3.63) is 18.0 Å². The van der Waals surface area contributed by atoms with Crippen LogP contribution in [0.4, 0.5) is 0 Å². The third-order valence-electron chi connectivity index (χ3n) is 3.60. The van der Waals surface area contributed by atoms with Crippen LogP contribution in [-0.2, 0) is 16.6 Å². The van der Waals surface area contributed by atoms with Gasteiger partial charge in [-0.2, -0.15) is 0 Å². The Bertz CT molecular complexity index is 535. The van der Waals surface area contributed by atoms with Crippen LogP contribution < -0.4 is 0 Å². The molecule has 1 atom stereocenters. The minimum Gasteiger partial charge on any atom is -0.390 e. The molecule has 1 unspecified atom stereocenters. The van der Waals surface area contributed by atoms with E-state index in [4.69, 9.17) is 0 Å². The Kier molecular flexibility index (Phi) is 5.79. The molecule has 1 rings (SSSR count). The van der Waals surface area contributed by atoms with Gasteiger partial charge in [0.1, 0.15) is 4.90 Å². The lowest BCUT2D eigenvalue weighted by molar-refractivity contribution is 0.268. The maximum atomic E-state index is 12.5. The number of nitrogens with zero attached hydrogens (tertiary/aromatic N) is 2. The molecule has 0 aromatic carbocycles. The summed E-state index contributed by atoms with van der Waals surface area (Å²) in [5, 5.41) is 9.34. The van der Waals surface area contributed by atoms with E-state index in [-0.39, 0.29) is 17.5 Å². The zero-order valence-electron chi connectivity index (χ0n) is 13.0. The minimum atomic E-state index is -3.49. The number of aliphatic hydroxyl groups excluding tert-OH is 1. The van der Waals surface area contributed by atoms with Crippen LogP contribution in [0.25, 0.3) is 0 Å². The Morgan fingerprint density at radius 3 is 2.35 bits per heavy atom. The monoisotopic (exact) mass is 302 g/mol. The van der Waals surface area contributed by atoms with E-state index in [0.717, 1.165) is 6.42 Å². The predicted molar refractivity (Wildman–Crippen MR) is 80.0 cm³/mol. The van der Waals surface area contributed by atoms with E-state index in [1.165, 1.54) is 4.31 Å². The number of hydrogen-bond donors (Lipinski definition) is 1. The lowest BCUT2D eigenvalue weighted by Crippen LogP contribution is -2.30.